The Morgan fingerprint density at radius 1 is 1.47 bits per heavy atom. The van der Waals surface area contributed by atoms with E-state index in [0.717, 1.165) is 12.1 Å². The van der Waals surface area contributed by atoms with Crippen molar-refractivity contribution in [1.82, 2.24) is 4.98 Å². The summed E-state index contributed by atoms with van der Waals surface area (Å²) in [5.41, 5.74) is -1.02. The SMILES string of the molecule is O=C(O)/C=C/CCOc1nc(C(F)(F)F)ccc1I. The quantitative estimate of drug-likeness (QED) is 0.479. The van der Waals surface area contributed by atoms with E-state index in [1.807, 2.05) is 22.6 Å². The number of rotatable bonds is 5. The van der Waals surface area contributed by atoms with E-state index in [2.05, 4.69) is 4.98 Å². The Balaban J connectivity index is 2.65. The van der Waals surface area contributed by atoms with Crippen molar-refractivity contribution in [3.8, 4) is 5.88 Å². The van der Waals surface area contributed by atoms with Crippen LogP contribution in [0.3, 0.4) is 0 Å². The summed E-state index contributed by atoms with van der Waals surface area (Å²) in [6, 6.07) is 2.14. The van der Waals surface area contributed by atoms with Gasteiger partial charge in [-0.2, -0.15) is 13.2 Å². The molecule has 0 saturated carbocycles. The minimum Gasteiger partial charge on any atom is -0.478 e. The van der Waals surface area contributed by atoms with Gasteiger partial charge in [0.15, 0.2) is 0 Å². The number of hydrogen-bond donors (Lipinski definition) is 1. The molecular formula is C11H9F3INO3. The lowest BCUT2D eigenvalue weighted by molar-refractivity contribution is -0.141. The Labute approximate surface area is 120 Å². The molecule has 0 unspecified atom stereocenters. The first kappa shape index (κ1) is 15.7. The first-order valence-corrected chi connectivity index (χ1v) is 6.14. The van der Waals surface area contributed by atoms with Crippen molar-refractivity contribution in [2.75, 3.05) is 6.61 Å². The zero-order valence-corrected chi connectivity index (χ0v) is 11.6. The monoisotopic (exact) mass is 387 g/mol. The second-order valence-electron chi connectivity index (χ2n) is 3.36. The first-order valence-electron chi connectivity index (χ1n) is 5.06. The van der Waals surface area contributed by atoms with Crippen LogP contribution in [0.2, 0.25) is 0 Å². The van der Waals surface area contributed by atoms with Gasteiger partial charge in [-0.05, 0) is 34.7 Å². The van der Waals surface area contributed by atoms with Gasteiger partial charge >= 0.3 is 12.1 Å². The second-order valence-corrected chi connectivity index (χ2v) is 4.52. The minimum atomic E-state index is -4.52. The van der Waals surface area contributed by atoms with Crippen LogP contribution in [0.1, 0.15) is 12.1 Å². The number of carbonyl (C=O) groups is 1. The normalized spacial score (nSPS) is 11.8. The number of aliphatic carboxylic acids is 1. The van der Waals surface area contributed by atoms with Gasteiger partial charge in [-0.15, -0.1) is 0 Å². The predicted molar refractivity (Wildman–Crippen MR) is 68.8 cm³/mol. The van der Waals surface area contributed by atoms with Crippen LogP contribution >= 0.6 is 22.6 Å². The van der Waals surface area contributed by atoms with Crippen LogP contribution in [0.4, 0.5) is 13.2 Å². The number of carboxylic acids is 1. The first-order chi connectivity index (χ1) is 8.80. The van der Waals surface area contributed by atoms with Crippen LogP contribution in [0.15, 0.2) is 24.3 Å². The zero-order chi connectivity index (χ0) is 14.5. The highest BCUT2D eigenvalue weighted by Gasteiger charge is 2.33. The van der Waals surface area contributed by atoms with Gasteiger partial charge in [0, 0.05) is 12.5 Å². The maximum atomic E-state index is 12.4. The molecule has 1 aromatic rings. The Kier molecular flexibility index (Phi) is 5.58. The number of ether oxygens (including phenoxy) is 1. The van der Waals surface area contributed by atoms with Crippen LogP contribution in [-0.4, -0.2) is 22.7 Å². The summed E-state index contributed by atoms with van der Waals surface area (Å²) in [7, 11) is 0. The van der Waals surface area contributed by atoms with Crippen molar-refractivity contribution in [1.29, 1.82) is 0 Å². The Hall–Kier alpha value is -1.32. The van der Waals surface area contributed by atoms with Gasteiger partial charge in [-0.3, -0.25) is 0 Å². The summed E-state index contributed by atoms with van der Waals surface area (Å²) in [5, 5.41) is 8.33. The molecule has 0 bridgehead atoms. The molecule has 0 aliphatic rings. The van der Waals surface area contributed by atoms with Crippen molar-refractivity contribution in [3.63, 3.8) is 0 Å². The Morgan fingerprint density at radius 3 is 2.74 bits per heavy atom. The fraction of sp³-hybridized carbons (Fsp3) is 0.273. The van der Waals surface area contributed by atoms with Crippen molar-refractivity contribution >= 4 is 28.6 Å². The van der Waals surface area contributed by atoms with E-state index in [4.69, 9.17) is 9.84 Å². The summed E-state index contributed by atoms with van der Waals surface area (Å²) in [5.74, 6) is -1.20. The molecule has 19 heavy (non-hydrogen) atoms. The minimum absolute atomic E-state index is 0.0497. The smallest absolute Gasteiger partial charge is 0.433 e. The lowest BCUT2D eigenvalue weighted by Gasteiger charge is -2.10. The third-order valence-electron chi connectivity index (χ3n) is 1.89. The lowest BCUT2D eigenvalue weighted by Crippen LogP contribution is -2.10. The molecule has 0 aliphatic heterocycles. The van der Waals surface area contributed by atoms with Gasteiger partial charge in [0.2, 0.25) is 5.88 Å². The van der Waals surface area contributed by atoms with Gasteiger partial charge in [0.05, 0.1) is 10.2 Å². The summed E-state index contributed by atoms with van der Waals surface area (Å²) in [6.07, 6.45) is -1.97. The van der Waals surface area contributed by atoms with E-state index in [-0.39, 0.29) is 18.9 Å². The lowest BCUT2D eigenvalue weighted by atomic mass is 10.3. The summed E-state index contributed by atoms with van der Waals surface area (Å²) in [4.78, 5) is 13.6. The molecule has 8 heteroatoms. The number of carboxylic acid groups (broad SMARTS) is 1. The molecular weight excluding hydrogens is 378 g/mol. The predicted octanol–water partition coefficient (Wildman–Crippen LogP) is 3.11. The van der Waals surface area contributed by atoms with E-state index in [0.29, 0.717) is 3.57 Å². The number of alkyl halides is 3. The fourth-order valence-electron chi connectivity index (χ4n) is 1.09. The molecule has 104 valence electrons. The van der Waals surface area contributed by atoms with Gasteiger partial charge in [0.25, 0.3) is 0 Å². The van der Waals surface area contributed by atoms with Gasteiger partial charge in [-0.25, -0.2) is 9.78 Å². The number of hydrogen-bond acceptors (Lipinski definition) is 3. The molecule has 0 aliphatic carbocycles. The van der Waals surface area contributed by atoms with Crippen LogP contribution in [0, 0.1) is 3.57 Å². The third kappa shape index (κ3) is 5.45. The van der Waals surface area contributed by atoms with Crippen molar-refractivity contribution in [2.45, 2.75) is 12.6 Å². The standard InChI is InChI=1S/C11H9F3INO3/c12-11(13,14)8-5-4-7(15)10(16-8)19-6-2-1-3-9(17)18/h1,3-5H,2,6H2,(H,17,18)/b3-1+. The average molecular weight is 387 g/mol. The van der Waals surface area contributed by atoms with E-state index < -0.39 is 17.8 Å². The van der Waals surface area contributed by atoms with Crippen molar-refractivity contribution in [3.05, 3.63) is 33.5 Å². The molecule has 1 aromatic heterocycles. The van der Waals surface area contributed by atoms with E-state index in [1.165, 1.54) is 12.1 Å². The molecule has 0 fully saturated rings. The zero-order valence-electron chi connectivity index (χ0n) is 9.45. The second kappa shape index (κ2) is 6.73. The topological polar surface area (TPSA) is 59.4 Å². The number of nitrogens with zero attached hydrogens (tertiary/aromatic N) is 1. The van der Waals surface area contributed by atoms with Crippen LogP contribution in [0.25, 0.3) is 0 Å². The van der Waals surface area contributed by atoms with Crippen LogP contribution in [0.5, 0.6) is 5.88 Å². The molecule has 0 radical (unpaired) electrons. The third-order valence-corrected chi connectivity index (χ3v) is 2.71. The molecule has 1 rings (SSSR count). The summed E-state index contributed by atoms with van der Waals surface area (Å²) in [6.45, 7) is 0.0497. The number of aromatic nitrogens is 1. The molecule has 0 saturated heterocycles. The molecule has 4 nitrogen and oxygen atoms in total. The number of pyridine rings is 1. The van der Waals surface area contributed by atoms with E-state index in [1.54, 1.807) is 0 Å². The fourth-order valence-corrected chi connectivity index (χ4v) is 1.55. The maximum Gasteiger partial charge on any atom is 0.433 e. The molecule has 0 spiro atoms. The molecule has 1 N–H and O–H groups in total. The molecule has 0 aromatic carbocycles. The molecule has 0 atom stereocenters. The van der Waals surface area contributed by atoms with Gasteiger partial charge in [-0.1, -0.05) is 6.08 Å². The van der Waals surface area contributed by atoms with Gasteiger partial charge in [0.1, 0.15) is 5.69 Å². The Bertz CT molecular complexity index is 489. The average Bonchev–Trinajstić information content (AvgIpc) is 2.29. The highest BCUT2D eigenvalue weighted by Crippen LogP contribution is 2.30. The van der Waals surface area contributed by atoms with Crippen molar-refractivity contribution in [2.24, 2.45) is 0 Å². The van der Waals surface area contributed by atoms with E-state index >= 15 is 0 Å². The summed E-state index contributed by atoms with van der Waals surface area (Å²) >= 11 is 1.81. The summed E-state index contributed by atoms with van der Waals surface area (Å²) < 4.78 is 42.8. The molecule has 0 amide bonds. The van der Waals surface area contributed by atoms with Gasteiger partial charge < -0.3 is 9.84 Å². The van der Waals surface area contributed by atoms with Crippen LogP contribution < -0.4 is 4.74 Å². The van der Waals surface area contributed by atoms with Crippen molar-refractivity contribution < 1.29 is 27.8 Å². The Morgan fingerprint density at radius 2 is 2.16 bits per heavy atom. The van der Waals surface area contributed by atoms with Crippen LogP contribution in [-0.2, 0) is 11.0 Å². The van der Waals surface area contributed by atoms with E-state index in [9.17, 15) is 18.0 Å². The largest absolute Gasteiger partial charge is 0.478 e. The maximum absolute atomic E-state index is 12.4. The molecule has 1 heterocycles. The number of halogens is 4. The highest BCUT2D eigenvalue weighted by molar-refractivity contribution is 14.1. The highest BCUT2D eigenvalue weighted by atomic mass is 127.